The summed E-state index contributed by atoms with van der Waals surface area (Å²) in [6.45, 7) is 0.633. The second kappa shape index (κ2) is 10.1. The van der Waals surface area contributed by atoms with Gasteiger partial charge in [0.15, 0.2) is 5.75 Å². The van der Waals surface area contributed by atoms with E-state index in [4.69, 9.17) is 15.2 Å². The molecule has 174 valence electrons. The molecule has 0 atom stereocenters. The summed E-state index contributed by atoms with van der Waals surface area (Å²) in [6.07, 6.45) is 5.10. The van der Waals surface area contributed by atoms with Gasteiger partial charge < -0.3 is 25.9 Å². The minimum atomic E-state index is -3.86. The molecule has 33 heavy (non-hydrogen) atoms. The SMILES string of the molecule is CS(=O)(=O)Oc1ccc(Nc2ncc(C(N)=O)c(NCCC3CC3)n2)cc1NC(=O)CC#N. The minimum absolute atomic E-state index is 0.0298. The van der Waals surface area contributed by atoms with E-state index in [9.17, 15) is 18.0 Å². The molecule has 3 rings (SSSR count). The molecule has 1 saturated carbocycles. The maximum Gasteiger partial charge on any atom is 0.306 e. The average Bonchev–Trinajstić information content (AvgIpc) is 3.53. The monoisotopic (exact) mass is 473 g/mol. The molecule has 2 amide bonds. The highest BCUT2D eigenvalue weighted by Gasteiger charge is 2.21. The van der Waals surface area contributed by atoms with Gasteiger partial charge in [0.1, 0.15) is 12.2 Å². The number of anilines is 4. The predicted molar refractivity (Wildman–Crippen MR) is 120 cm³/mol. The molecule has 0 unspecified atom stereocenters. The van der Waals surface area contributed by atoms with Gasteiger partial charge in [-0.05, 0) is 30.5 Å². The molecule has 2 aromatic rings. The van der Waals surface area contributed by atoms with Gasteiger partial charge in [-0.3, -0.25) is 9.59 Å². The average molecular weight is 474 g/mol. The zero-order chi connectivity index (χ0) is 24.0. The standard InChI is InChI=1S/C20H23N7O5S/c1-33(30,31)32-16-5-4-13(10-15(16)26-17(28)6-8-21)25-20-24-11-14(18(22)29)19(27-20)23-9-7-12-2-3-12/h4-5,10-12H,2-3,6-7,9H2,1H3,(H2,22,29)(H,26,28)(H2,23,24,25,27). The van der Waals surface area contributed by atoms with Crippen molar-refractivity contribution in [3.8, 4) is 11.8 Å². The van der Waals surface area contributed by atoms with Crippen LogP contribution < -0.4 is 25.9 Å². The van der Waals surface area contributed by atoms with E-state index < -0.39 is 28.4 Å². The van der Waals surface area contributed by atoms with Gasteiger partial charge in [-0.1, -0.05) is 12.8 Å². The van der Waals surface area contributed by atoms with Crippen LogP contribution in [0.1, 0.15) is 36.0 Å². The maximum absolute atomic E-state index is 11.9. The Hall–Kier alpha value is -3.92. The molecular weight excluding hydrogens is 450 g/mol. The van der Waals surface area contributed by atoms with Crippen LogP contribution >= 0.6 is 0 Å². The van der Waals surface area contributed by atoms with E-state index in [1.807, 2.05) is 0 Å². The summed E-state index contributed by atoms with van der Waals surface area (Å²) in [5.41, 5.74) is 5.98. The smallest absolute Gasteiger partial charge is 0.306 e. The molecule has 1 aromatic carbocycles. The zero-order valence-electron chi connectivity index (χ0n) is 17.8. The molecule has 0 radical (unpaired) electrons. The van der Waals surface area contributed by atoms with E-state index in [0.29, 0.717) is 24.0 Å². The number of carbonyl (C=O) groups is 2. The van der Waals surface area contributed by atoms with Gasteiger partial charge in [-0.2, -0.15) is 18.7 Å². The van der Waals surface area contributed by atoms with Gasteiger partial charge in [-0.15, -0.1) is 0 Å². The topological polar surface area (TPSA) is 189 Å². The summed E-state index contributed by atoms with van der Waals surface area (Å²) < 4.78 is 28.0. The Labute approximate surface area is 190 Å². The second-order valence-electron chi connectivity index (χ2n) is 7.49. The number of aromatic nitrogens is 2. The van der Waals surface area contributed by atoms with Gasteiger partial charge in [0.25, 0.3) is 5.91 Å². The first-order valence-electron chi connectivity index (χ1n) is 10.0. The Bertz CT molecular complexity index is 1210. The molecule has 0 aliphatic heterocycles. The molecular formula is C20H23N7O5S. The first kappa shape index (κ1) is 23.7. The van der Waals surface area contributed by atoms with Crippen molar-refractivity contribution in [2.45, 2.75) is 25.7 Å². The Kier molecular flexibility index (Phi) is 7.29. The molecule has 0 saturated heterocycles. The number of nitrogens with zero attached hydrogens (tertiary/aromatic N) is 3. The number of rotatable bonds is 11. The van der Waals surface area contributed by atoms with E-state index in [1.165, 1.54) is 37.2 Å². The van der Waals surface area contributed by atoms with Crippen molar-refractivity contribution in [2.24, 2.45) is 11.7 Å². The van der Waals surface area contributed by atoms with Crippen LogP contribution in [0, 0.1) is 17.2 Å². The maximum atomic E-state index is 11.9. The lowest BCUT2D eigenvalue weighted by Crippen LogP contribution is -2.17. The Balaban J connectivity index is 1.83. The highest BCUT2D eigenvalue weighted by molar-refractivity contribution is 7.86. The van der Waals surface area contributed by atoms with E-state index in [-0.39, 0.29) is 22.9 Å². The number of hydrogen-bond acceptors (Lipinski definition) is 10. The molecule has 0 spiro atoms. The van der Waals surface area contributed by atoms with Crippen LogP contribution in [0.15, 0.2) is 24.4 Å². The molecule has 13 heteroatoms. The Morgan fingerprint density at radius 1 is 1.33 bits per heavy atom. The van der Waals surface area contributed by atoms with Crippen LogP contribution in [0.4, 0.5) is 23.1 Å². The molecule has 5 N–H and O–H groups in total. The third kappa shape index (κ3) is 7.32. The lowest BCUT2D eigenvalue weighted by atomic mass is 10.2. The summed E-state index contributed by atoms with van der Waals surface area (Å²) in [4.78, 5) is 32.0. The van der Waals surface area contributed by atoms with Gasteiger partial charge in [0, 0.05) is 18.4 Å². The van der Waals surface area contributed by atoms with Crippen molar-refractivity contribution in [1.29, 1.82) is 5.26 Å². The summed E-state index contributed by atoms with van der Waals surface area (Å²) >= 11 is 0. The number of carbonyl (C=O) groups excluding carboxylic acids is 2. The number of hydrogen-bond donors (Lipinski definition) is 4. The van der Waals surface area contributed by atoms with Gasteiger partial charge >= 0.3 is 10.1 Å². The molecule has 1 heterocycles. The van der Waals surface area contributed by atoms with Crippen LogP contribution in [-0.4, -0.2) is 43.0 Å². The predicted octanol–water partition coefficient (Wildman–Crippen LogP) is 1.72. The first-order chi connectivity index (χ1) is 15.6. The highest BCUT2D eigenvalue weighted by atomic mass is 32.2. The Morgan fingerprint density at radius 3 is 2.73 bits per heavy atom. The normalized spacial score (nSPS) is 13.0. The van der Waals surface area contributed by atoms with E-state index in [0.717, 1.165) is 12.7 Å². The molecule has 12 nitrogen and oxygen atoms in total. The Morgan fingerprint density at radius 2 is 2.09 bits per heavy atom. The van der Waals surface area contributed by atoms with Crippen molar-refractivity contribution in [3.63, 3.8) is 0 Å². The van der Waals surface area contributed by atoms with Crippen molar-refractivity contribution in [3.05, 3.63) is 30.0 Å². The zero-order valence-corrected chi connectivity index (χ0v) is 18.6. The van der Waals surface area contributed by atoms with Crippen molar-refractivity contribution in [1.82, 2.24) is 9.97 Å². The van der Waals surface area contributed by atoms with E-state index in [2.05, 4.69) is 25.9 Å². The van der Waals surface area contributed by atoms with Crippen molar-refractivity contribution >= 4 is 45.1 Å². The van der Waals surface area contributed by atoms with Crippen LogP contribution in [0.3, 0.4) is 0 Å². The largest absolute Gasteiger partial charge is 0.380 e. The molecule has 1 aliphatic carbocycles. The van der Waals surface area contributed by atoms with E-state index >= 15 is 0 Å². The fraction of sp³-hybridized carbons (Fsp3) is 0.350. The fourth-order valence-electron chi connectivity index (χ4n) is 2.89. The molecule has 1 aliphatic rings. The van der Waals surface area contributed by atoms with Crippen molar-refractivity contribution in [2.75, 3.05) is 28.8 Å². The number of benzene rings is 1. The number of nitrogens with one attached hydrogen (secondary N) is 3. The second-order valence-corrected chi connectivity index (χ2v) is 9.06. The fourth-order valence-corrected chi connectivity index (χ4v) is 3.37. The number of primary amides is 1. The third-order valence-corrected chi connectivity index (χ3v) is 5.07. The summed E-state index contributed by atoms with van der Waals surface area (Å²) in [5, 5.41) is 17.2. The van der Waals surface area contributed by atoms with Crippen LogP contribution in [0.2, 0.25) is 0 Å². The summed E-state index contributed by atoms with van der Waals surface area (Å²) in [6, 6.07) is 5.93. The summed E-state index contributed by atoms with van der Waals surface area (Å²) in [7, 11) is -3.86. The van der Waals surface area contributed by atoms with Gasteiger partial charge in [-0.25, -0.2) is 4.98 Å². The van der Waals surface area contributed by atoms with Crippen LogP contribution in [0.25, 0.3) is 0 Å². The lowest BCUT2D eigenvalue weighted by molar-refractivity contribution is -0.115. The molecule has 1 aromatic heterocycles. The quantitative estimate of drug-likeness (QED) is 0.350. The van der Waals surface area contributed by atoms with Gasteiger partial charge in [0.05, 0.1) is 23.6 Å². The summed E-state index contributed by atoms with van der Waals surface area (Å²) in [5.74, 6) is -0.309. The lowest BCUT2D eigenvalue weighted by Gasteiger charge is -2.14. The molecule has 0 bridgehead atoms. The highest BCUT2D eigenvalue weighted by Crippen LogP contribution is 2.32. The van der Waals surface area contributed by atoms with Crippen LogP contribution in [-0.2, 0) is 14.9 Å². The van der Waals surface area contributed by atoms with E-state index in [1.54, 1.807) is 6.07 Å². The number of nitrogens with two attached hydrogens (primary N) is 1. The van der Waals surface area contributed by atoms with Gasteiger partial charge in [0.2, 0.25) is 11.9 Å². The minimum Gasteiger partial charge on any atom is -0.380 e. The number of nitriles is 1. The van der Waals surface area contributed by atoms with Crippen LogP contribution in [0.5, 0.6) is 5.75 Å². The number of amides is 2. The third-order valence-electron chi connectivity index (χ3n) is 4.59. The first-order valence-corrected chi connectivity index (χ1v) is 11.8. The molecule has 1 fully saturated rings. The van der Waals surface area contributed by atoms with Crippen molar-refractivity contribution < 1.29 is 22.2 Å².